The van der Waals surface area contributed by atoms with Gasteiger partial charge in [-0.3, -0.25) is 14.4 Å². The molecule has 0 bridgehead atoms. The highest BCUT2D eigenvalue weighted by Gasteiger charge is 2.19. The molecule has 0 aromatic rings. The Balaban J connectivity index is 4.63. The van der Waals surface area contributed by atoms with Crippen molar-refractivity contribution in [1.82, 2.24) is 0 Å². The van der Waals surface area contributed by atoms with Gasteiger partial charge in [0.05, 0.1) is 0 Å². The zero-order valence-electron chi connectivity index (χ0n) is 45.2. The number of ether oxygens (including phenoxy) is 3. The highest BCUT2D eigenvalue weighted by atomic mass is 16.6. The van der Waals surface area contributed by atoms with Crippen LogP contribution in [0.1, 0.15) is 213 Å². The molecule has 0 aliphatic carbocycles. The first-order valence-electron chi connectivity index (χ1n) is 28.1. The van der Waals surface area contributed by atoms with E-state index in [-0.39, 0.29) is 44.0 Å². The highest BCUT2D eigenvalue weighted by Crippen LogP contribution is 2.12. The smallest absolute Gasteiger partial charge is 0.306 e. The van der Waals surface area contributed by atoms with Crippen molar-refractivity contribution in [2.45, 2.75) is 219 Å². The minimum atomic E-state index is -0.833. The number of hydrogen-bond donors (Lipinski definition) is 0. The van der Waals surface area contributed by atoms with Crippen molar-refractivity contribution in [2.75, 3.05) is 13.2 Å². The molecule has 0 N–H and O–H groups in total. The van der Waals surface area contributed by atoms with Crippen LogP contribution in [-0.4, -0.2) is 37.2 Å². The van der Waals surface area contributed by atoms with Gasteiger partial charge in [-0.1, -0.05) is 249 Å². The lowest BCUT2D eigenvalue weighted by Crippen LogP contribution is -2.30. The summed E-state index contributed by atoms with van der Waals surface area (Å²) >= 11 is 0. The van der Waals surface area contributed by atoms with Crippen LogP contribution < -0.4 is 0 Å². The lowest BCUT2D eigenvalue weighted by molar-refractivity contribution is -0.167. The molecule has 0 spiro atoms. The van der Waals surface area contributed by atoms with E-state index in [0.717, 1.165) is 116 Å². The van der Waals surface area contributed by atoms with E-state index in [9.17, 15) is 14.4 Å². The summed E-state index contributed by atoms with van der Waals surface area (Å²) < 4.78 is 16.8. The molecule has 0 fully saturated rings. The molecule has 0 saturated heterocycles. The first-order chi connectivity index (χ1) is 35.0. The fraction of sp³-hybridized carbons (Fsp3) is 0.554. The summed E-state index contributed by atoms with van der Waals surface area (Å²) in [5, 5.41) is 0. The molecule has 0 aromatic carbocycles. The lowest BCUT2D eigenvalue weighted by atomic mass is 10.1. The third-order valence-electron chi connectivity index (χ3n) is 11.2. The Hall–Kier alpha value is -4.97. The Morgan fingerprint density at radius 1 is 0.296 bits per heavy atom. The summed E-state index contributed by atoms with van der Waals surface area (Å²) in [6.45, 7) is 6.37. The molecule has 396 valence electrons. The van der Waals surface area contributed by atoms with Crippen LogP contribution in [-0.2, 0) is 28.6 Å². The molecule has 0 rings (SSSR count). The van der Waals surface area contributed by atoms with Gasteiger partial charge < -0.3 is 14.2 Å². The van der Waals surface area contributed by atoms with Crippen LogP contribution in [0.15, 0.2) is 158 Å². The van der Waals surface area contributed by atoms with Gasteiger partial charge in [0.25, 0.3) is 0 Å². The van der Waals surface area contributed by atoms with Crippen molar-refractivity contribution in [2.24, 2.45) is 0 Å². The van der Waals surface area contributed by atoms with E-state index in [0.29, 0.717) is 12.8 Å². The standard InChI is InChI=1S/C65H100O6/c1-4-7-10-13-16-19-22-25-28-31-34-37-40-43-46-49-52-55-58-64(67)70-61-62(60-69-63(66)57-54-51-48-45-42-39-36-33-30-27-24-21-18-15-12-9-6-3)71-65(68)59-56-53-50-47-44-41-38-35-32-29-26-23-20-17-14-11-8-5-2/h10,13,16-23,25-32,34-39,45,48,62H,4-9,11-12,14-15,24,33,40-44,46-47,49-61H2,1-3H3/b13-10-,19-16-,20-17-,21-18-,25-22-,26-23-,30-27-,31-28-,32-29-,37-34-,38-35-,39-36-,48-45-. The molecular formula is C65H100O6. The molecule has 0 saturated carbocycles. The number of carbonyl (C=O) groups excluding carboxylic acids is 3. The van der Waals surface area contributed by atoms with Crippen LogP contribution in [0.3, 0.4) is 0 Å². The van der Waals surface area contributed by atoms with Crippen molar-refractivity contribution in [3.8, 4) is 0 Å². The second-order valence-corrected chi connectivity index (χ2v) is 18.0. The number of unbranched alkanes of at least 4 members (excludes halogenated alkanes) is 18. The average Bonchev–Trinajstić information content (AvgIpc) is 3.37. The van der Waals surface area contributed by atoms with Crippen LogP contribution >= 0.6 is 0 Å². The van der Waals surface area contributed by atoms with Crippen molar-refractivity contribution in [1.29, 1.82) is 0 Å². The maximum atomic E-state index is 12.9. The molecular weight excluding hydrogens is 877 g/mol. The maximum Gasteiger partial charge on any atom is 0.306 e. The predicted molar refractivity (Wildman–Crippen MR) is 306 cm³/mol. The summed E-state index contributed by atoms with van der Waals surface area (Å²) in [5.41, 5.74) is 0. The first kappa shape index (κ1) is 66.0. The summed E-state index contributed by atoms with van der Waals surface area (Å²) in [6.07, 6.45) is 83.6. The molecule has 0 aliphatic rings. The SMILES string of the molecule is CCC\C=C/C=C\C=C/C=C\C=C/CCCCCCCC(=O)OCC(COC(=O)CCC/C=C\C/C=C\C/C=C\C/C=C\CCCCC)OC(=O)CCCCCCC\C=C/C=C\C=C/C=C\CCCCC. The van der Waals surface area contributed by atoms with Gasteiger partial charge in [-0.15, -0.1) is 0 Å². The zero-order chi connectivity index (χ0) is 51.4. The third-order valence-corrected chi connectivity index (χ3v) is 11.2. The fourth-order valence-corrected chi connectivity index (χ4v) is 6.95. The van der Waals surface area contributed by atoms with Crippen molar-refractivity contribution in [3.05, 3.63) is 158 Å². The quantitative estimate of drug-likeness (QED) is 0.0199. The second-order valence-electron chi connectivity index (χ2n) is 18.0. The number of allylic oxidation sites excluding steroid dienone is 26. The monoisotopic (exact) mass is 977 g/mol. The van der Waals surface area contributed by atoms with E-state index in [1.165, 1.54) is 51.4 Å². The van der Waals surface area contributed by atoms with Gasteiger partial charge in [-0.25, -0.2) is 0 Å². The van der Waals surface area contributed by atoms with Gasteiger partial charge in [-0.2, -0.15) is 0 Å². The number of carbonyl (C=O) groups is 3. The van der Waals surface area contributed by atoms with Crippen LogP contribution in [0.2, 0.25) is 0 Å². The molecule has 71 heavy (non-hydrogen) atoms. The van der Waals surface area contributed by atoms with Crippen molar-refractivity contribution < 1.29 is 28.6 Å². The van der Waals surface area contributed by atoms with E-state index in [1.807, 2.05) is 36.5 Å². The van der Waals surface area contributed by atoms with Crippen LogP contribution in [0.4, 0.5) is 0 Å². The predicted octanol–water partition coefficient (Wildman–Crippen LogP) is 19.0. The summed E-state index contributed by atoms with van der Waals surface area (Å²) in [7, 11) is 0. The Morgan fingerprint density at radius 2 is 0.606 bits per heavy atom. The van der Waals surface area contributed by atoms with Gasteiger partial charge in [0.1, 0.15) is 13.2 Å². The molecule has 0 heterocycles. The molecule has 6 nitrogen and oxygen atoms in total. The van der Waals surface area contributed by atoms with Crippen LogP contribution in [0.5, 0.6) is 0 Å². The van der Waals surface area contributed by atoms with Gasteiger partial charge in [0.2, 0.25) is 0 Å². The Kier molecular flexibility index (Phi) is 53.6. The van der Waals surface area contributed by atoms with Gasteiger partial charge in [-0.05, 0) is 103 Å². The van der Waals surface area contributed by atoms with Crippen molar-refractivity contribution in [3.63, 3.8) is 0 Å². The van der Waals surface area contributed by atoms with E-state index in [1.54, 1.807) is 0 Å². The second kappa shape index (κ2) is 57.6. The third kappa shape index (κ3) is 55.8. The summed E-state index contributed by atoms with van der Waals surface area (Å²) in [5.74, 6) is -1.04. The highest BCUT2D eigenvalue weighted by molar-refractivity contribution is 5.71. The van der Waals surface area contributed by atoms with Crippen molar-refractivity contribution >= 4 is 17.9 Å². The molecule has 1 atom stereocenters. The zero-order valence-corrected chi connectivity index (χ0v) is 45.2. The normalized spacial score (nSPS) is 13.3. The molecule has 0 aromatic heterocycles. The Bertz CT molecular complexity index is 1640. The van der Waals surface area contributed by atoms with Crippen LogP contribution in [0, 0.1) is 0 Å². The topological polar surface area (TPSA) is 78.9 Å². The summed E-state index contributed by atoms with van der Waals surface area (Å²) in [4.78, 5) is 38.1. The molecule has 0 aliphatic heterocycles. The number of rotatable bonds is 48. The Labute approximate surface area is 435 Å². The van der Waals surface area contributed by atoms with E-state index < -0.39 is 6.10 Å². The van der Waals surface area contributed by atoms with Crippen LogP contribution in [0.25, 0.3) is 0 Å². The van der Waals surface area contributed by atoms with E-state index in [2.05, 4.69) is 142 Å². The molecule has 1 unspecified atom stereocenters. The number of hydrogen-bond acceptors (Lipinski definition) is 6. The van der Waals surface area contributed by atoms with Gasteiger partial charge >= 0.3 is 17.9 Å². The molecule has 6 heteroatoms. The molecule has 0 radical (unpaired) electrons. The average molecular weight is 978 g/mol. The summed E-state index contributed by atoms with van der Waals surface area (Å²) in [6, 6.07) is 0. The first-order valence-corrected chi connectivity index (χ1v) is 28.1. The lowest BCUT2D eigenvalue weighted by Gasteiger charge is -2.18. The maximum absolute atomic E-state index is 12.9. The van der Waals surface area contributed by atoms with Gasteiger partial charge in [0.15, 0.2) is 6.10 Å². The Morgan fingerprint density at radius 3 is 1.03 bits per heavy atom. The van der Waals surface area contributed by atoms with E-state index >= 15 is 0 Å². The minimum absolute atomic E-state index is 0.126. The minimum Gasteiger partial charge on any atom is -0.462 e. The number of esters is 3. The van der Waals surface area contributed by atoms with Gasteiger partial charge in [0, 0.05) is 19.3 Å². The molecule has 0 amide bonds. The van der Waals surface area contributed by atoms with E-state index in [4.69, 9.17) is 14.2 Å². The largest absolute Gasteiger partial charge is 0.462 e. The fourth-order valence-electron chi connectivity index (χ4n) is 6.95.